The number of rotatable bonds is 2. The third kappa shape index (κ3) is 2.66. The van der Waals surface area contributed by atoms with Gasteiger partial charge in [0, 0.05) is 10.6 Å². The monoisotopic (exact) mass is 268 g/mol. The average Bonchev–Trinajstić information content (AvgIpc) is 2.39. The van der Waals surface area contributed by atoms with Crippen LogP contribution >= 0.6 is 11.6 Å². The van der Waals surface area contributed by atoms with Crippen LogP contribution in [-0.2, 0) is 9.53 Å². The summed E-state index contributed by atoms with van der Waals surface area (Å²) in [5.41, 5.74) is 6.34. The van der Waals surface area contributed by atoms with Crippen molar-refractivity contribution in [2.45, 2.75) is 19.1 Å². The Labute approximate surface area is 112 Å². The number of carbonyl (C=O) groups is 1. The fraction of sp³-hybridized carbons (Fsp3) is 0.462. The number of morpholine rings is 1. The van der Waals surface area contributed by atoms with Crippen LogP contribution in [-0.4, -0.2) is 36.5 Å². The SMILES string of the molecule is C[C@@H]1CO[C@@H](c2ccccc2Cl)CN1C(=O)CN. The molecule has 2 atom stereocenters. The quantitative estimate of drug-likeness (QED) is 0.886. The number of nitrogens with zero attached hydrogens (tertiary/aromatic N) is 1. The normalized spacial score (nSPS) is 24.1. The highest BCUT2D eigenvalue weighted by molar-refractivity contribution is 6.31. The molecule has 18 heavy (non-hydrogen) atoms. The van der Waals surface area contributed by atoms with E-state index in [-0.39, 0.29) is 24.6 Å². The summed E-state index contributed by atoms with van der Waals surface area (Å²) in [5, 5.41) is 0.664. The lowest BCUT2D eigenvalue weighted by atomic mass is 10.1. The van der Waals surface area contributed by atoms with Gasteiger partial charge in [-0.1, -0.05) is 29.8 Å². The molecule has 0 spiro atoms. The molecule has 1 aliphatic rings. The second-order valence-electron chi connectivity index (χ2n) is 4.44. The van der Waals surface area contributed by atoms with Gasteiger partial charge in [0.2, 0.25) is 5.91 Å². The van der Waals surface area contributed by atoms with Gasteiger partial charge in [-0.25, -0.2) is 0 Å². The number of carbonyl (C=O) groups excluding carboxylic acids is 1. The van der Waals surface area contributed by atoms with Gasteiger partial charge in [-0.05, 0) is 13.0 Å². The van der Waals surface area contributed by atoms with Gasteiger partial charge < -0.3 is 15.4 Å². The van der Waals surface area contributed by atoms with Gasteiger partial charge in [0.1, 0.15) is 6.10 Å². The predicted octanol–water partition coefficient (Wildman–Crippen LogP) is 1.59. The number of benzene rings is 1. The topological polar surface area (TPSA) is 55.6 Å². The molecule has 98 valence electrons. The van der Waals surface area contributed by atoms with Gasteiger partial charge in [0.05, 0.1) is 25.7 Å². The van der Waals surface area contributed by atoms with Gasteiger partial charge >= 0.3 is 0 Å². The molecule has 1 saturated heterocycles. The van der Waals surface area contributed by atoms with Crippen LogP contribution in [0.1, 0.15) is 18.6 Å². The summed E-state index contributed by atoms with van der Waals surface area (Å²) in [6.45, 7) is 2.98. The van der Waals surface area contributed by atoms with Crippen LogP contribution in [0.25, 0.3) is 0 Å². The Morgan fingerprint density at radius 1 is 1.56 bits per heavy atom. The highest BCUT2D eigenvalue weighted by Gasteiger charge is 2.30. The summed E-state index contributed by atoms with van der Waals surface area (Å²) in [4.78, 5) is 13.5. The summed E-state index contributed by atoms with van der Waals surface area (Å²) in [5.74, 6) is -0.0529. The number of hydrogen-bond donors (Lipinski definition) is 1. The fourth-order valence-electron chi connectivity index (χ4n) is 2.15. The van der Waals surface area contributed by atoms with Crippen molar-refractivity contribution in [3.63, 3.8) is 0 Å². The fourth-order valence-corrected chi connectivity index (χ4v) is 2.40. The number of amides is 1. The number of ether oxygens (including phenoxy) is 1. The molecule has 2 rings (SSSR count). The molecule has 0 aromatic heterocycles. The van der Waals surface area contributed by atoms with Crippen LogP contribution in [0.15, 0.2) is 24.3 Å². The smallest absolute Gasteiger partial charge is 0.236 e. The van der Waals surface area contributed by atoms with Crippen LogP contribution in [0.5, 0.6) is 0 Å². The van der Waals surface area contributed by atoms with Crippen LogP contribution in [0.2, 0.25) is 5.02 Å². The van der Waals surface area contributed by atoms with Gasteiger partial charge in [0.25, 0.3) is 0 Å². The molecule has 4 nitrogen and oxygen atoms in total. The molecule has 1 amide bonds. The number of nitrogens with two attached hydrogens (primary N) is 1. The van der Waals surface area contributed by atoms with E-state index in [9.17, 15) is 4.79 Å². The first-order valence-electron chi connectivity index (χ1n) is 5.99. The third-order valence-electron chi connectivity index (χ3n) is 3.18. The molecule has 0 bridgehead atoms. The average molecular weight is 269 g/mol. The first-order valence-corrected chi connectivity index (χ1v) is 6.37. The summed E-state index contributed by atoms with van der Waals surface area (Å²) in [7, 11) is 0. The summed E-state index contributed by atoms with van der Waals surface area (Å²) in [6.07, 6.45) is -0.176. The standard InChI is InChI=1S/C13H17ClN2O2/c1-9-8-18-12(7-16(9)13(17)6-15)10-4-2-3-5-11(10)14/h2-5,9,12H,6-8,15H2,1H3/t9-,12-/m1/s1. The van der Waals surface area contributed by atoms with Crippen molar-refractivity contribution in [2.24, 2.45) is 5.73 Å². The third-order valence-corrected chi connectivity index (χ3v) is 3.52. The molecule has 2 N–H and O–H groups in total. The van der Waals surface area contributed by atoms with E-state index in [1.165, 1.54) is 0 Å². The highest BCUT2D eigenvalue weighted by Crippen LogP contribution is 2.29. The second-order valence-corrected chi connectivity index (χ2v) is 4.85. The van der Waals surface area contributed by atoms with Crippen molar-refractivity contribution in [3.05, 3.63) is 34.9 Å². The van der Waals surface area contributed by atoms with Crippen molar-refractivity contribution in [3.8, 4) is 0 Å². The van der Waals surface area contributed by atoms with Crippen molar-refractivity contribution < 1.29 is 9.53 Å². The first kappa shape index (κ1) is 13.3. The number of hydrogen-bond acceptors (Lipinski definition) is 3. The van der Waals surface area contributed by atoms with E-state index in [4.69, 9.17) is 22.1 Å². The zero-order valence-corrected chi connectivity index (χ0v) is 11.1. The van der Waals surface area contributed by atoms with Crippen LogP contribution in [0, 0.1) is 0 Å². The molecular formula is C13H17ClN2O2. The van der Waals surface area contributed by atoms with E-state index in [0.29, 0.717) is 18.2 Å². The molecule has 0 saturated carbocycles. The largest absolute Gasteiger partial charge is 0.369 e. The summed E-state index contributed by atoms with van der Waals surface area (Å²) in [6, 6.07) is 7.60. The van der Waals surface area contributed by atoms with Gasteiger partial charge in [0.15, 0.2) is 0 Å². The maximum Gasteiger partial charge on any atom is 0.236 e. The first-order chi connectivity index (χ1) is 8.63. The molecule has 1 heterocycles. The van der Waals surface area contributed by atoms with Gasteiger partial charge in [-0.15, -0.1) is 0 Å². The summed E-state index contributed by atoms with van der Waals surface area (Å²) >= 11 is 6.15. The minimum atomic E-state index is -0.176. The van der Waals surface area contributed by atoms with E-state index in [2.05, 4.69) is 0 Å². The highest BCUT2D eigenvalue weighted by atomic mass is 35.5. The van der Waals surface area contributed by atoms with E-state index < -0.39 is 0 Å². The van der Waals surface area contributed by atoms with E-state index in [1.54, 1.807) is 4.90 Å². The predicted molar refractivity (Wildman–Crippen MR) is 70.4 cm³/mol. The Hall–Kier alpha value is -1.10. The zero-order chi connectivity index (χ0) is 13.1. The lowest BCUT2D eigenvalue weighted by molar-refractivity contribution is -0.142. The Bertz CT molecular complexity index is 439. The minimum Gasteiger partial charge on any atom is -0.369 e. The molecule has 1 fully saturated rings. The van der Waals surface area contributed by atoms with Gasteiger partial charge in [-0.2, -0.15) is 0 Å². The molecular weight excluding hydrogens is 252 g/mol. The second kappa shape index (κ2) is 5.69. The molecule has 1 aromatic carbocycles. The molecule has 0 unspecified atom stereocenters. The molecule has 5 heteroatoms. The van der Waals surface area contributed by atoms with Crippen LogP contribution in [0.3, 0.4) is 0 Å². The molecule has 0 aliphatic carbocycles. The number of halogens is 1. The Balaban J connectivity index is 2.17. The van der Waals surface area contributed by atoms with Crippen molar-refractivity contribution >= 4 is 17.5 Å². The Kier molecular flexibility index (Phi) is 4.22. The maximum absolute atomic E-state index is 11.8. The van der Waals surface area contributed by atoms with Crippen molar-refractivity contribution in [1.29, 1.82) is 0 Å². The Morgan fingerprint density at radius 3 is 2.94 bits per heavy atom. The molecule has 1 aromatic rings. The van der Waals surface area contributed by atoms with E-state index in [1.807, 2.05) is 31.2 Å². The van der Waals surface area contributed by atoms with Gasteiger partial charge in [-0.3, -0.25) is 4.79 Å². The van der Waals surface area contributed by atoms with Crippen molar-refractivity contribution in [2.75, 3.05) is 19.7 Å². The molecule has 0 radical (unpaired) electrons. The van der Waals surface area contributed by atoms with E-state index in [0.717, 1.165) is 5.56 Å². The maximum atomic E-state index is 11.8. The Morgan fingerprint density at radius 2 is 2.28 bits per heavy atom. The molecule has 1 aliphatic heterocycles. The lowest BCUT2D eigenvalue weighted by Crippen LogP contribution is -2.50. The van der Waals surface area contributed by atoms with E-state index >= 15 is 0 Å². The lowest BCUT2D eigenvalue weighted by Gasteiger charge is -2.38. The van der Waals surface area contributed by atoms with Crippen LogP contribution in [0.4, 0.5) is 0 Å². The van der Waals surface area contributed by atoms with Crippen LogP contribution < -0.4 is 5.73 Å². The zero-order valence-electron chi connectivity index (χ0n) is 10.3. The van der Waals surface area contributed by atoms with Crippen molar-refractivity contribution in [1.82, 2.24) is 4.90 Å². The summed E-state index contributed by atoms with van der Waals surface area (Å²) < 4.78 is 5.76. The minimum absolute atomic E-state index is 0.0274.